The molecular weight excluding hydrogens is 330 g/mol. The quantitative estimate of drug-likeness (QED) is 0.579. The topological polar surface area (TPSA) is 47.8 Å². The van der Waals surface area contributed by atoms with Crippen LogP contribution in [-0.4, -0.2) is 26.3 Å². The smallest absolute Gasteiger partial charge is 0.191 e. The molecule has 1 aromatic heterocycles. The lowest BCUT2D eigenvalue weighted by molar-refractivity contribution is -0.116. The first kappa shape index (κ1) is 17.4. The second-order valence-corrected chi connectivity index (χ2v) is 6.74. The average molecular weight is 351 g/mol. The number of hydrogen-bond acceptors (Lipinski definition) is 4. The van der Waals surface area contributed by atoms with Gasteiger partial charge in [0, 0.05) is 19.4 Å². The number of hydrogen-bond donors (Lipinski definition) is 0. The second-order valence-electron chi connectivity index (χ2n) is 5.80. The number of aromatic nitrogens is 3. The monoisotopic (exact) mass is 351 g/mol. The molecule has 0 saturated carbocycles. The minimum Gasteiger partial charge on any atom is -0.306 e. The van der Waals surface area contributed by atoms with E-state index in [2.05, 4.69) is 33.8 Å². The third kappa shape index (κ3) is 4.79. The Morgan fingerprint density at radius 3 is 2.24 bits per heavy atom. The molecule has 0 bridgehead atoms. The van der Waals surface area contributed by atoms with Gasteiger partial charge in [0.2, 0.25) is 0 Å². The summed E-state index contributed by atoms with van der Waals surface area (Å²) in [5, 5.41) is 9.43. The second kappa shape index (κ2) is 8.62. The van der Waals surface area contributed by atoms with Crippen LogP contribution < -0.4 is 0 Å². The Bertz CT molecular complexity index is 815. The van der Waals surface area contributed by atoms with Crippen LogP contribution in [0.4, 0.5) is 0 Å². The molecule has 0 aliphatic carbocycles. The van der Waals surface area contributed by atoms with Crippen molar-refractivity contribution in [3.8, 4) is 0 Å². The Morgan fingerprint density at radius 1 is 0.960 bits per heavy atom. The maximum atomic E-state index is 12.2. The first-order chi connectivity index (χ1) is 12.3. The molecule has 0 N–H and O–H groups in total. The van der Waals surface area contributed by atoms with Crippen LogP contribution in [0.15, 0.2) is 65.8 Å². The van der Waals surface area contributed by atoms with Gasteiger partial charge in [-0.2, -0.15) is 0 Å². The number of Topliss-reactive ketones (excluding diaryl/α,β-unsaturated/α-hetero) is 1. The number of benzene rings is 2. The van der Waals surface area contributed by atoms with Gasteiger partial charge in [-0.3, -0.25) is 4.79 Å². The van der Waals surface area contributed by atoms with Crippen LogP contribution in [0.25, 0.3) is 0 Å². The molecule has 0 fully saturated rings. The maximum absolute atomic E-state index is 12.2. The van der Waals surface area contributed by atoms with Crippen LogP contribution in [0.2, 0.25) is 0 Å². The van der Waals surface area contributed by atoms with Gasteiger partial charge < -0.3 is 4.57 Å². The lowest BCUT2D eigenvalue weighted by Crippen LogP contribution is -2.08. The Balaban J connectivity index is 1.62. The highest BCUT2D eigenvalue weighted by molar-refractivity contribution is 7.99. The van der Waals surface area contributed by atoms with Crippen molar-refractivity contribution in [3.05, 3.63) is 77.6 Å². The van der Waals surface area contributed by atoms with E-state index in [1.807, 2.05) is 48.5 Å². The largest absolute Gasteiger partial charge is 0.306 e. The third-order valence-electron chi connectivity index (χ3n) is 3.92. The van der Waals surface area contributed by atoms with Crippen molar-refractivity contribution < 1.29 is 4.79 Å². The lowest BCUT2D eigenvalue weighted by atomic mass is 10.1. The maximum Gasteiger partial charge on any atom is 0.191 e. The van der Waals surface area contributed by atoms with Crippen molar-refractivity contribution in [2.45, 2.75) is 31.5 Å². The summed E-state index contributed by atoms with van der Waals surface area (Å²) in [5.41, 5.74) is 2.26. The Labute approximate surface area is 152 Å². The number of carbonyl (C=O) groups excluding carboxylic acids is 1. The molecule has 1 heterocycles. The molecule has 0 aliphatic rings. The SMILES string of the molecule is CCn1c(Cc2ccccc2)nnc1SCC(=O)Cc1ccccc1. The highest BCUT2D eigenvalue weighted by Crippen LogP contribution is 2.19. The van der Waals surface area contributed by atoms with Crippen LogP contribution in [0, 0.1) is 0 Å². The van der Waals surface area contributed by atoms with Gasteiger partial charge in [0.15, 0.2) is 5.16 Å². The van der Waals surface area contributed by atoms with Crippen molar-refractivity contribution in [3.63, 3.8) is 0 Å². The first-order valence-electron chi connectivity index (χ1n) is 8.40. The molecule has 3 aromatic rings. The van der Waals surface area contributed by atoms with Crippen LogP contribution in [0.3, 0.4) is 0 Å². The van der Waals surface area contributed by atoms with Gasteiger partial charge in [-0.15, -0.1) is 10.2 Å². The predicted molar refractivity (Wildman–Crippen MR) is 101 cm³/mol. The zero-order valence-electron chi connectivity index (χ0n) is 14.3. The van der Waals surface area contributed by atoms with E-state index in [9.17, 15) is 4.79 Å². The fourth-order valence-electron chi connectivity index (χ4n) is 2.67. The molecule has 2 aromatic carbocycles. The number of ketones is 1. The van der Waals surface area contributed by atoms with E-state index in [0.29, 0.717) is 12.2 Å². The number of carbonyl (C=O) groups is 1. The van der Waals surface area contributed by atoms with Gasteiger partial charge in [0.1, 0.15) is 11.6 Å². The molecule has 0 amide bonds. The van der Waals surface area contributed by atoms with Crippen molar-refractivity contribution in [1.29, 1.82) is 0 Å². The van der Waals surface area contributed by atoms with Crippen molar-refractivity contribution >= 4 is 17.5 Å². The molecule has 0 saturated heterocycles. The molecule has 0 unspecified atom stereocenters. The van der Waals surface area contributed by atoms with Gasteiger partial charge in [0.05, 0.1) is 5.75 Å². The zero-order chi connectivity index (χ0) is 17.5. The minimum absolute atomic E-state index is 0.200. The minimum atomic E-state index is 0.200. The van der Waals surface area contributed by atoms with Gasteiger partial charge in [-0.25, -0.2) is 0 Å². The molecular formula is C20H21N3OS. The normalized spacial score (nSPS) is 10.8. The molecule has 0 radical (unpaired) electrons. The standard InChI is InChI=1S/C20H21N3OS/c1-2-23-19(14-17-11-7-4-8-12-17)21-22-20(23)25-15-18(24)13-16-9-5-3-6-10-16/h3-12H,2,13-15H2,1H3. The summed E-state index contributed by atoms with van der Waals surface area (Å²) in [7, 11) is 0. The lowest BCUT2D eigenvalue weighted by Gasteiger charge is -2.07. The fourth-order valence-corrected chi connectivity index (χ4v) is 3.55. The van der Waals surface area contributed by atoms with Gasteiger partial charge in [-0.05, 0) is 18.1 Å². The summed E-state index contributed by atoms with van der Waals surface area (Å²) in [6.45, 7) is 2.87. The molecule has 3 rings (SSSR count). The molecule has 128 valence electrons. The van der Waals surface area contributed by atoms with E-state index in [1.165, 1.54) is 17.3 Å². The Morgan fingerprint density at radius 2 is 1.60 bits per heavy atom. The van der Waals surface area contributed by atoms with E-state index in [1.54, 1.807) is 0 Å². The highest BCUT2D eigenvalue weighted by atomic mass is 32.2. The van der Waals surface area contributed by atoms with Gasteiger partial charge in [-0.1, -0.05) is 72.4 Å². The van der Waals surface area contributed by atoms with E-state index in [4.69, 9.17) is 0 Å². The Kier molecular flexibility index (Phi) is 6.01. The predicted octanol–water partition coefficient (Wildman–Crippen LogP) is 3.79. The van der Waals surface area contributed by atoms with E-state index in [0.717, 1.165) is 29.5 Å². The summed E-state index contributed by atoms with van der Waals surface area (Å²) in [6.07, 6.45) is 1.21. The molecule has 0 aliphatic heterocycles. The zero-order valence-corrected chi connectivity index (χ0v) is 15.1. The van der Waals surface area contributed by atoms with Gasteiger partial charge >= 0.3 is 0 Å². The van der Waals surface area contributed by atoms with Crippen LogP contribution in [-0.2, 0) is 24.2 Å². The number of nitrogens with zero attached hydrogens (tertiary/aromatic N) is 3. The number of thioether (sulfide) groups is 1. The molecule has 0 spiro atoms. The van der Waals surface area contributed by atoms with Crippen molar-refractivity contribution in [2.75, 3.05) is 5.75 Å². The third-order valence-corrected chi connectivity index (χ3v) is 4.95. The summed E-state index contributed by atoms with van der Waals surface area (Å²) < 4.78 is 2.09. The van der Waals surface area contributed by atoms with Crippen LogP contribution >= 0.6 is 11.8 Å². The molecule has 0 atom stereocenters. The van der Waals surface area contributed by atoms with Gasteiger partial charge in [0.25, 0.3) is 0 Å². The average Bonchev–Trinajstić information content (AvgIpc) is 3.03. The van der Waals surface area contributed by atoms with E-state index in [-0.39, 0.29) is 5.78 Å². The fraction of sp³-hybridized carbons (Fsp3) is 0.250. The summed E-state index contributed by atoms with van der Waals surface area (Å²) in [6, 6.07) is 20.1. The van der Waals surface area contributed by atoms with E-state index < -0.39 is 0 Å². The van der Waals surface area contributed by atoms with E-state index >= 15 is 0 Å². The molecule has 4 nitrogen and oxygen atoms in total. The summed E-state index contributed by atoms with van der Waals surface area (Å²) in [5.74, 6) is 1.55. The number of rotatable bonds is 8. The summed E-state index contributed by atoms with van der Waals surface area (Å²) in [4.78, 5) is 12.2. The highest BCUT2D eigenvalue weighted by Gasteiger charge is 2.13. The summed E-state index contributed by atoms with van der Waals surface area (Å²) >= 11 is 1.47. The van der Waals surface area contributed by atoms with Crippen LogP contribution in [0.5, 0.6) is 0 Å². The first-order valence-corrected chi connectivity index (χ1v) is 9.39. The molecule has 25 heavy (non-hydrogen) atoms. The van der Waals surface area contributed by atoms with Crippen molar-refractivity contribution in [1.82, 2.24) is 14.8 Å². The molecule has 5 heteroatoms. The van der Waals surface area contributed by atoms with Crippen LogP contribution in [0.1, 0.15) is 23.9 Å². The van der Waals surface area contributed by atoms with Crippen molar-refractivity contribution in [2.24, 2.45) is 0 Å². The Hall–Kier alpha value is -2.40.